The Morgan fingerprint density at radius 2 is 2.27 bits per heavy atom. The number of hydrogen-bond acceptors (Lipinski definition) is 4. The molecular formula is C9H6FN3O2. The Morgan fingerprint density at radius 3 is 2.93 bits per heavy atom. The van der Waals surface area contributed by atoms with Crippen LogP contribution in [0, 0.1) is 15.9 Å². The average molecular weight is 207 g/mol. The standard InChI is InChI=1S/C9H6FN3O2/c10-6-4-7(13(14)15)5-2-1-3-12-9(5)8(6)11/h1-4H,11H2. The number of nitro benzene ring substituents is 1. The molecule has 0 aliphatic rings. The van der Waals surface area contributed by atoms with Crippen LogP contribution in [0.5, 0.6) is 0 Å². The summed E-state index contributed by atoms with van der Waals surface area (Å²) in [6.07, 6.45) is 1.40. The lowest BCUT2D eigenvalue weighted by Crippen LogP contribution is -1.98. The van der Waals surface area contributed by atoms with Crippen molar-refractivity contribution in [1.29, 1.82) is 0 Å². The number of pyridine rings is 1. The monoisotopic (exact) mass is 207 g/mol. The van der Waals surface area contributed by atoms with Crippen LogP contribution in [0.1, 0.15) is 0 Å². The number of hydrogen-bond donors (Lipinski definition) is 1. The number of aromatic nitrogens is 1. The summed E-state index contributed by atoms with van der Waals surface area (Å²) in [6, 6.07) is 3.82. The number of fused-ring (bicyclic) bond motifs is 1. The van der Waals surface area contributed by atoms with Crippen molar-refractivity contribution in [2.24, 2.45) is 0 Å². The van der Waals surface area contributed by atoms with Crippen molar-refractivity contribution >= 4 is 22.3 Å². The fourth-order valence-electron chi connectivity index (χ4n) is 1.37. The summed E-state index contributed by atoms with van der Waals surface area (Å²) < 4.78 is 13.2. The number of nitrogen functional groups attached to an aromatic ring is 1. The van der Waals surface area contributed by atoms with Crippen LogP contribution in [-0.2, 0) is 0 Å². The molecule has 0 aliphatic heterocycles. The van der Waals surface area contributed by atoms with Crippen LogP contribution in [0.4, 0.5) is 15.8 Å². The highest BCUT2D eigenvalue weighted by molar-refractivity contribution is 5.96. The number of benzene rings is 1. The van der Waals surface area contributed by atoms with Gasteiger partial charge in [0, 0.05) is 6.20 Å². The molecule has 5 nitrogen and oxygen atoms in total. The average Bonchev–Trinajstić information content (AvgIpc) is 2.23. The van der Waals surface area contributed by atoms with Gasteiger partial charge in [0.1, 0.15) is 5.52 Å². The Balaban J connectivity index is 2.94. The molecule has 0 spiro atoms. The molecule has 2 aromatic rings. The van der Waals surface area contributed by atoms with E-state index in [1.165, 1.54) is 18.3 Å². The zero-order valence-corrected chi connectivity index (χ0v) is 7.48. The van der Waals surface area contributed by atoms with E-state index in [0.29, 0.717) is 0 Å². The summed E-state index contributed by atoms with van der Waals surface area (Å²) in [5.41, 5.74) is 5.04. The summed E-state index contributed by atoms with van der Waals surface area (Å²) in [4.78, 5) is 13.8. The van der Waals surface area contributed by atoms with Gasteiger partial charge in [-0.3, -0.25) is 15.1 Å². The van der Waals surface area contributed by atoms with Crippen molar-refractivity contribution < 1.29 is 9.31 Å². The van der Waals surface area contributed by atoms with Gasteiger partial charge in [0.15, 0.2) is 5.82 Å². The van der Waals surface area contributed by atoms with E-state index in [-0.39, 0.29) is 22.3 Å². The molecule has 0 aliphatic carbocycles. The lowest BCUT2D eigenvalue weighted by molar-refractivity contribution is -0.383. The van der Waals surface area contributed by atoms with Crippen molar-refractivity contribution in [3.63, 3.8) is 0 Å². The number of non-ortho nitro benzene ring substituents is 1. The smallest absolute Gasteiger partial charge is 0.281 e. The van der Waals surface area contributed by atoms with Crippen LogP contribution in [0.25, 0.3) is 10.9 Å². The molecule has 0 atom stereocenters. The summed E-state index contributed by atoms with van der Waals surface area (Å²) in [6.45, 7) is 0. The van der Waals surface area contributed by atoms with Crippen LogP contribution in [-0.4, -0.2) is 9.91 Å². The zero-order valence-electron chi connectivity index (χ0n) is 7.48. The highest BCUT2D eigenvalue weighted by Gasteiger charge is 2.17. The zero-order chi connectivity index (χ0) is 11.0. The minimum atomic E-state index is -0.826. The quantitative estimate of drug-likeness (QED) is 0.439. The van der Waals surface area contributed by atoms with E-state index in [1.54, 1.807) is 0 Å². The summed E-state index contributed by atoms with van der Waals surface area (Å²) in [7, 11) is 0. The highest BCUT2D eigenvalue weighted by atomic mass is 19.1. The predicted octanol–water partition coefficient (Wildman–Crippen LogP) is 1.86. The maximum absolute atomic E-state index is 13.2. The van der Waals surface area contributed by atoms with Gasteiger partial charge in [-0.2, -0.15) is 0 Å². The van der Waals surface area contributed by atoms with E-state index in [2.05, 4.69) is 4.98 Å². The third kappa shape index (κ3) is 1.35. The fourth-order valence-corrected chi connectivity index (χ4v) is 1.37. The van der Waals surface area contributed by atoms with Crippen LogP contribution in [0.15, 0.2) is 24.4 Å². The van der Waals surface area contributed by atoms with Crippen LogP contribution in [0.2, 0.25) is 0 Å². The molecule has 2 rings (SSSR count). The summed E-state index contributed by atoms with van der Waals surface area (Å²) in [5, 5.41) is 10.9. The fraction of sp³-hybridized carbons (Fsp3) is 0. The van der Waals surface area contributed by atoms with Gasteiger partial charge < -0.3 is 5.73 Å². The molecule has 1 aromatic carbocycles. The van der Waals surface area contributed by atoms with Gasteiger partial charge in [0.05, 0.1) is 22.1 Å². The molecule has 1 heterocycles. The number of halogens is 1. The van der Waals surface area contributed by atoms with Crippen molar-refractivity contribution in [2.45, 2.75) is 0 Å². The molecule has 0 radical (unpaired) electrons. The largest absolute Gasteiger partial charge is 0.395 e. The number of nitrogens with zero attached hydrogens (tertiary/aromatic N) is 2. The van der Waals surface area contributed by atoms with Gasteiger partial charge in [0.2, 0.25) is 0 Å². The first-order chi connectivity index (χ1) is 7.11. The molecule has 2 N–H and O–H groups in total. The minimum Gasteiger partial charge on any atom is -0.395 e. The van der Waals surface area contributed by atoms with Crippen LogP contribution < -0.4 is 5.73 Å². The van der Waals surface area contributed by atoms with E-state index in [1.807, 2.05) is 0 Å². The van der Waals surface area contributed by atoms with E-state index >= 15 is 0 Å². The second-order valence-electron chi connectivity index (χ2n) is 2.95. The number of rotatable bonds is 1. The Labute approximate surface area is 83.5 Å². The molecular weight excluding hydrogens is 201 g/mol. The summed E-state index contributed by atoms with van der Waals surface area (Å²) in [5.74, 6) is -0.826. The van der Waals surface area contributed by atoms with E-state index in [4.69, 9.17) is 5.73 Å². The number of nitrogens with two attached hydrogens (primary N) is 1. The van der Waals surface area contributed by atoms with Gasteiger partial charge in [-0.25, -0.2) is 4.39 Å². The van der Waals surface area contributed by atoms with Gasteiger partial charge in [-0.05, 0) is 12.1 Å². The normalized spacial score (nSPS) is 10.5. The van der Waals surface area contributed by atoms with Gasteiger partial charge in [0.25, 0.3) is 5.69 Å². The molecule has 0 bridgehead atoms. The predicted molar refractivity (Wildman–Crippen MR) is 52.8 cm³/mol. The van der Waals surface area contributed by atoms with Crippen LogP contribution >= 0.6 is 0 Å². The number of anilines is 1. The third-order valence-electron chi connectivity index (χ3n) is 2.06. The summed E-state index contributed by atoms with van der Waals surface area (Å²) >= 11 is 0. The molecule has 0 saturated heterocycles. The Hall–Kier alpha value is -2.24. The maximum atomic E-state index is 13.2. The second kappa shape index (κ2) is 3.16. The highest BCUT2D eigenvalue weighted by Crippen LogP contribution is 2.30. The molecule has 0 amide bonds. The van der Waals surface area contributed by atoms with Crippen molar-refractivity contribution in [1.82, 2.24) is 4.98 Å². The van der Waals surface area contributed by atoms with E-state index in [0.717, 1.165) is 6.07 Å². The Bertz CT molecular complexity index is 556. The topological polar surface area (TPSA) is 82.0 Å². The first kappa shape index (κ1) is 9.32. The van der Waals surface area contributed by atoms with Crippen LogP contribution in [0.3, 0.4) is 0 Å². The van der Waals surface area contributed by atoms with E-state index in [9.17, 15) is 14.5 Å². The molecule has 0 unspecified atom stereocenters. The Kier molecular flexibility index (Phi) is 1.96. The lowest BCUT2D eigenvalue weighted by Gasteiger charge is -2.02. The minimum absolute atomic E-state index is 0.115. The Morgan fingerprint density at radius 1 is 1.53 bits per heavy atom. The SMILES string of the molecule is Nc1c(F)cc([N+](=O)[O-])c2cccnc12. The van der Waals surface area contributed by atoms with Crippen molar-refractivity contribution in [2.75, 3.05) is 5.73 Å². The molecule has 1 aromatic heterocycles. The van der Waals surface area contributed by atoms with Crippen molar-refractivity contribution in [3.05, 3.63) is 40.3 Å². The second-order valence-corrected chi connectivity index (χ2v) is 2.95. The first-order valence-electron chi connectivity index (χ1n) is 4.08. The molecule has 15 heavy (non-hydrogen) atoms. The third-order valence-corrected chi connectivity index (χ3v) is 2.06. The molecule has 6 heteroatoms. The molecule has 0 fully saturated rings. The first-order valence-corrected chi connectivity index (χ1v) is 4.08. The maximum Gasteiger partial charge on any atom is 0.281 e. The van der Waals surface area contributed by atoms with Crippen molar-refractivity contribution in [3.8, 4) is 0 Å². The lowest BCUT2D eigenvalue weighted by atomic mass is 10.1. The van der Waals surface area contributed by atoms with E-state index < -0.39 is 10.7 Å². The van der Waals surface area contributed by atoms with Gasteiger partial charge in [-0.15, -0.1) is 0 Å². The van der Waals surface area contributed by atoms with Gasteiger partial charge in [-0.1, -0.05) is 0 Å². The van der Waals surface area contributed by atoms with Gasteiger partial charge >= 0.3 is 0 Å². The number of nitro groups is 1. The molecule has 0 saturated carbocycles. The molecule has 76 valence electrons.